The maximum absolute atomic E-state index is 12.0. The van der Waals surface area contributed by atoms with E-state index in [2.05, 4.69) is 0 Å². The number of carbonyl (C=O) groups excluding carboxylic acids is 2. The number of hydrogen-bond acceptors (Lipinski definition) is 3. The van der Waals surface area contributed by atoms with Gasteiger partial charge in [-0.2, -0.15) is 0 Å². The maximum Gasteiger partial charge on any atom is 0.240 e. The monoisotopic (exact) mass is 227 g/mol. The van der Waals surface area contributed by atoms with Gasteiger partial charge in [0.1, 0.15) is 0 Å². The molecule has 0 spiro atoms. The summed E-state index contributed by atoms with van der Waals surface area (Å²) in [7, 11) is 0. The predicted molar refractivity (Wildman–Crippen MR) is 61.4 cm³/mol. The van der Waals surface area contributed by atoms with E-state index in [9.17, 15) is 9.59 Å². The quantitative estimate of drug-likeness (QED) is 0.660. The predicted octanol–water partition coefficient (Wildman–Crippen LogP) is -0.164. The number of hydrogen-bond donors (Lipinski definition) is 2. The van der Waals surface area contributed by atoms with Gasteiger partial charge >= 0.3 is 0 Å². The fourth-order valence-electron chi connectivity index (χ4n) is 1.65. The van der Waals surface area contributed by atoms with Gasteiger partial charge in [-0.25, -0.2) is 0 Å². The molecule has 1 aliphatic carbocycles. The van der Waals surface area contributed by atoms with Crippen LogP contribution < -0.4 is 11.5 Å². The molecule has 4 N–H and O–H groups in total. The molecule has 1 fully saturated rings. The van der Waals surface area contributed by atoms with Crippen molar-refractivity contribution in [2.75, 3.05) is 6.54 Å². The van der Waals surface area contributed by atoms with Crippen LogP contribution in [0.2, 0.25) is 0 Å². The summed E-state index contributed by atoms with van der Waals surface area (Å²) in [6, 6.07) is -0.675. The molecule has 5 nitrogen and oxygen atoms in total. The molecule has 5 heteroatoms. The lowest BCUT2D eigenvalue weighted by Crippen LogP contribution is -2.49. The van der Waals surface area contributed by atoms with Crippen LogP contribution >= 0.6 is 0 Å². The lowest BCUT2D eigenvalue weighted by Gasteiger charge is -2.29. The van der Waals surface area contributed by atoms with Crippen molar-refractivity contribution in [3.05, 3.63) is 0 Å². The van der Waals surface area contributed by atoms with Crippen molar-refractivity contribution in [3.63, 3.8) is 0 Å². The molecule has 0 radical (unpaired) electrons. The number of carbonyl (C=O) groups is 2. The molecule has 2 amide bonds. The first-order valence-electron chi connectivity index (χ1n) is 5.76. The lowest BCUT2D eigenvalue weighted by molar-refractivity contribution is -0.136. The molecule has 0 aromatic heterocycles. The smallest absolute Gasteiger partial charge is 0.240 e. The molecule has 1 saturated carbocycles. The third kappa shape index (κ3) is 3.81. The van der Waals surface area contributed by atoms with Gasteiger partial charge in [0, 0.05) is 12.6 Å². The van der Waals surface area contributed by atoms with Crippen LogP contribution in [0.5, 0.6) is 0 Å². The summed E-state index contributed by atoms with van der Waals surface area (Å²) >= 11 is 0. The Kier molecular flexibility index (Phi) is 4.29. The van der Waals surface area contributed by atoms with E-state index < -0.39 is 11.9 Å². The van der Waals surface area contributed by atoms with E-state index in [-0.39, 0.29) is 18.4 Å². The van der Waals surface area contributed by atoms with Gasteiger partial charge in [0.2, 0.25) is 11.8 Å². The molecule has 16 heavy (non-hydrogen) atoms. The van der Waals surface area contributed by atoms with Crippen LogP contribution in [0.1, 0.15) is 33.1 Å². The van der Waals surface area contributed by atoms with E-state index in [0.29, 0.717) is 5.92 Å². The Balaban J connectivity index is 2.54. The second kappa shape index (κ2) is 5.30. The molecule has 0 saturated heterocycles. The lowest BCUT2D eigenvalue weighted by atomic mass is 10.1. The Labute approximate surface area is 96.1 Å². The zero-order valence-electron chi connectivity index (χ0n) is 9.98. The van der Waals surface area contributed by atoms with Crippen LogP contribution in [0.4, 0.5) is 0 Å². The average Bonchev–Trinajstić information content (AvgIpc) is 2.95. The minimum absolute atomic E-state index is 0.0767. The van der Waals surface area contributed by atoms with Gasteiger partial charge in [-0.3, -0.25) is 9.59 Å². The fourth-order valence-corrected chi connectivity index (χ4v) is 1.65. The zero-order chi connectivity index (χ0) is 12.3. The van der Waals surface area contributed by atoms with Gasteiger partial charge < -0.3 is 16.4 Å². The van der Waals surface area contributed by atoms with E-state index in [0.717, 1.165) is 6.54 Å². The zero-order valence-corrected chi connectivity index (χ0v) is 9.98. The van der Waals surface area contributed by atoms with Gasteiger partial charge in [-0.1, -0.05) is 0 Å². The normalized spacial score (nSPS) is 17.2. The third-order valence-electron chi connectivity index (χ3n) is 2.80. The summed E-state index contributed by atoms with van der Waals surface area (Å²) in [5, 5.41) is 0. The molecule has 0 aliphatic heterocycles. The summed E-state index contributed by atoms with van der Waals surface area (Å²) in [6.07, 6.45) is 2.29. The van der Waals surface area contributed by atoms with Crippen molar-refractivity contribution >= 4 is 11.8 Å². The van der Waals surface area contributed by atoms with Crippen molar-refractivity contribution < 1.29 is 9.59 Å². The number of primary amides is 1. The highest BCUT2D eigenvalue weighted by Crippen LogP contribution is 2.30. The molecule has 0 bridgehead atoms. The molecule has 92 valence electrons. The maximum atomic E-state index is 12.0. The number of rotatable bonds is 6. The van der Waals surface area contributed by atoms with Crippen LogP contribution in [0, 0.1) is 5.92 Å². The van der Waals surface area contributed by atoms with Crippen LogP contribution in [-0.2, 0) is 9.59 Å². The van der Waals surface area contributed by atoms with Crippen molar-refractivity contribution in [1.29, 1.82) is 0 Å². The van der Waals surface area contributed by atoms with E-state index in [1.165, 1.54) is 12.8 Å². The van der Waals surface area contributed by atoms with Crippen molar-refractivity contribution in [2.45, 2.75) is 45.2 Å². The van der Waals surface area contributed by atoms with Crippen LogP contribution in [-0.4, -0.2) is 35.3 Å². The number of nitrogens with two attached hydrogens (primary N) is 2. The van der Waals surface area contributed by atoms with Gasteiger partial charge in [0.25, 0.3) is 0 Å². The first kappa shape index (κ1) is 13.0. The standard InChI is InChI=1S/C11H21N3O2/c1-7(2)14(6-8-3-4-8)11(16)9(12)5-10(13)15/h7-9H,3-6,12H2,1-2H3,(H2,13,15). The molecule has 0 aromatic rings. The van der Waals surface area contributed by atoms with Gasteiger partial charge in [0.05, 0.1) is 12.5 Å². The van der Waals surface area contributed by atoms with Gasteiger partial charge in [0.15, 0.2) is 0 Å². The largest absolute Gasteiger partial charge is 0.370 e. The van der Waals surface area contributed by atoms with E-state index in [1.54, 1.807) is 4.90 Å². The molecule has 1 rings (SSSR count). The second-order valence-corrected chi connectivity index (χ2v) is 4.80. The highest BCUT2D eigenvalue weighted by atomic mass is 16.2. The fraction of sp³-hybridized carbons (Fsp3) is 0.818. The van der Waals surface area contributed by atoms with Crippen molar-refractivity contribution in [1.82, 2.24) is 4.90 Å². The van der Waals surface area contributed by atoms with E-state index >= 15 is 0 Å². The molecular weight excluding hydrogens is 206 g/mol. The number of amides is 2. The minimum Gasteiger partial charge on any atom is -0.370 e. The SMILES string of the molecule is CC(C)N(CC1CC1)C(=O)C(N)CC(N)=O. The Morgan fingerprint density at radius 2 is 1.94 bits per heavy atom. The summed E-state index contributed by atoms with van der Waals surface area (Å²) in [5.74, 6) is -0.0798. The first-order valence-corrected chi connectivity index (χ1v) is 5.76. The molecular formula is C11H21N3O2. The van der Waals surface area contributed by atoms with Gasteiger partial charge in [-0.15, -0.1) is 0 Å². The summed E-state index contributed by atoms with van der Waals surface area (Å²) in [4.78, 5) is 24.4. The third-order valence-corrected chi connectivity index (χ3v) is 2.80. The summed E-state index contributed by atoms with van der Waals surface area (Å²) in [6.45, 7) is 4.66. The summed E-state index contributed by atoms with van der Waals surface area (Å²) < 4.78 is 0. The Morgan fingerprint density at radius 3 is 2.31 bits per heavy atom. The Morgan fingerprint density at radius 1 is 1.38 bits per heavy atom. The number of nitrogens with zero attached hydrogens (tertiary/aromatic N) is 1. The first-order chi connectivity index (χ1) is 7.41. The molecule has 1 atom stereocenters. The molecule has 1 aliphatic rings. The topological polar surface area (TPSA) is 89.4 Å². The molecule has 0 aromatic carbocycles. The van der Waals surface area contributed by atoms with Crippen LogP contribution in [0.25, 0.3) is 0 Å². The van der Waals surface area contributed by atoms with Crippen LogP contribution in [0.3, 0.4) is 0 Å². The highest BCUT2D eigenvalue weighted by molar-refractivity contribution is 5.87. The molecule has 1 unspecified atom stereocenters. The Bertz CT molecular complexity index is 274. The average molecular weight is 227 g/mol. The highest BCUT2D eigenvalue weighted by Gasteiger charge is 2.30. The van der Waals surface area contributed by atoms with Crippen molar-refractivity contribution in [3.8, 4) is 0 Å². The second-order valence-electron chi connectivity index (χ2n) is 4.80. The van der Waals surface area contributed by atoms with Crippen molar-refractivity contribution in [2.24, 2.45) is 17.4 Å². The van der Waals surface area contributed by atoms with E-state index in [4.69, 9.17) is 11.5 Å². The Hall–Kier alpha value is -1.10. The van der Waals surface area contributed by atoms with Crippen LogP contribution in [0.15, 0.2) is 0 Å². The van der Waals surface area contributed by atoms with Gasteiger partial charge in [-0.05, 0) is 32.6 Å². The summed E-state index contributed by atoms with van der Waals surface area (Å²) in [5.41, 5.74) is 10.7. The van der Waals surface area contributed by atoms with E-state index in [1.807, 2.05) is 13.8 Å². The minimum atomic E-state index is -0.793. The molecule has 0 heterocycles.